The van der Waals surface area contributed by atoms with Gasteiger partial charge in [0.25, 0.3) is 0 Å². The smallest absolute Gasteiger partial charge is 0.0407 e. The van der Waals surface area contributed by atoms with E-state index < -0.39 is 0 Å². The summed E-state index contributed by atoms with van der Waals surface area (Å²) in [5.41, 5.74) is 7.06. The molecule has 0 unspecified atom stereocenters. The van der Waals surface area contributed by atoms with Crippen LogP contribution in [0, 0.1) is 6.92 Å². The lowest BCUT2D eigenvalue weighted by Crippen LogP contribution is -2.01. The first-order valence-corrected chi connectivity index (χ1v) is 8.26. The number of hydrogen-bond acceptors (Lipinski definition) is 2. The minimum absolute atomic E-state index is 0.874. The first kappa shape index (κ1) is 16.6. The Bertz CT molecular complexity index is 809. The Morgan fingerprint density at radius 3 is 1.44 bits per heavy atom. The van der Waals surface area contributed by atoms with Gasteiger partial charge in [-0.05, 0) is 41.8 Å². The molecule has 0 fully saturated rings. The Kier molecular flexibility index (Phi) is 5.00. The monoisotopic (exact) mass is 326 g/mol. The van der Waals surface area contributed by atoms with Crippen molar-refractivity contribution in [2.75, 3.05) is 10.6 Å². The molecule has 3 rings (SSSR count). The van der Waals surface area contributed by atoms with Crippen LogP contribution in [0.15, 0.2) is 92.0 Å². The molecule has 0 bridgehead atoms. The third-order valence-electron chi connectivity index (χ3n) is 3.91. The molecule has 124 valence electrons. The van der Waals surface area contributed by atoms with Crippen molar-refractivity contribution < 1.29 is 0 Å². The third kappa shape index (κ3) is 4.39. The molecule has 0 aliphatic rings. The Hall–Kier alpha value is -3.26. The highest BCUT2D eigenvalue weighted by atomic mass is 14.9. The fourth-order valence-electron chi connectivity index (χ4n) is 2.70. The Morgan fingerprint density at radius 1 is 0.640 bits per heavy atom. The number of rotatable bonds is 6. The molecule has 0 spiro atoms. The predicted octanol–water partition coefficient (Wildman–Crippen LogP) is 6.16. The van der Waals surface area contributed by atoms with Crippen LogP contribution >= 0.6 is 0 Å². The minimum atomic E-state index is 0.874. The molecular weight excluding hydrogens is 304 g/mol. The van der Waals surface area contributed by atoms with E-state index >= 15 is 0 Å². The standard InChI is InChI=1S/C23H22N2/c1-17-14-22(24-18(2)20-10-6-4-7-11-20)16-23(15-17)25-19(3)21-12-8-5-9-13-21/h4-16,24-25H,2-3H2,1H3. The van der Waals surface area contributed by atoms with E-state index in [0.29, 0.717) is 0 Å². The van der Waals surface area contributed by atoms with E-state index in [4.69, 9.17) is 0 Å². The Morgan fingerprint density at radius 2 is 1.04 bits per heavy atom. The summed E-state index contributed by atoms with van der Waals surface area (Å²) in [6, 6.07) is 26.5. The SMILES string of the molecule is C=C(Nc1cc(C)cc(NC(=C)c2ccccc2)c1)c1ccccc1. The zero-order chi connectivity index (χ0) is 17.6. The number of benzene rings is 3. The normalized spacial score (nSPS) is 10.1. The molecule has 0 amide bonds. The highest BCUT2D eigenvalue weighted by Gasteiger charge is 2.04. The number of aryl methyl sites for hydroxylation is 1. The summed E-state index contributed by atoms with van der Waals surface area (Å²) in [4.78, 5) is 0. The van der Waals surface area contributed by atoms with Crippen LogP contribution in [0.25, 0.3) is 11.4 Å². The largest absolute Gasteiger partial charge is 0.355 e. The molecular formula is C23H22N2. The van der Waals surface area contributed by atoms with Gasteiger partial charge in [-0.3, -0.25) is 0 Å². The van der Waals surface area contributed by atoms with Crippen LogP contribution < -0.4 is 10.6 Å². The van der Waals surface area contributed by atoms with Gasteiger partial charge in [-0.25, -0.2) is 0 Å². The van der Waals surface area contributed by atoms with Crippen LogP contribution in [-0.4, -0.2) is 0 Å². The van der Waals surface area contributed by atoms with Crippen LogP contribution in [0.2, 0.25) is 0 Å². The maximum atomic E-state index is 4.14. The second-order valence-corrected chi connectivity index (χ2v) is 6.03. The van der Waals surface area contributed by atoms with Gasteiger partial charge in [-0.1, -0.05) is 73.8 Å². The van der Waals surface area contributed by atoms with Crippen LogP contribution in [0.5, 0.6) is 0 Å². The van der Waals surface area contributed by atoms with Crippen molar-refractivity contribution in [3.8, 4) is 0 Å². The van der Waals surface area contributed by atoms with Crippen molar-refractivity contribution in [3.05, 3.63) is 109 Å². The molecule has 0 radical (unpaired) electrons. The van der Waals surface area contributed by atoms with Gasteiger partial charge < -0.3 is 10.6 Å². The van der Waals surface area contributed by atoms with E-state index in [-0.39, 0.29) is 0 Å². The molecule has 0 aromatic heterocycles. The summed E-state index contributed by atoms with van der Waals surface area (Å²) in [5.74, 6) is 0. The summed E-state index contributed by atoms with van der Waals surface area (Å²) < 4.78 is 0. The molecule has 2 heteroatoms. The molecule has 0 aliphatic carbocycles. The Balaban J connectivity index is 1.76. The van der Waals surface area contributed by atoms with E-state index in [0.717, 1.165) is 39.5 Å². The van der Waals surface area contributed by atoms with Crippen molar-refractivity contribution >= 4 is 22.8 Å². The molecule has 0 saturated heterocycles. The average molecular weight is 326 g/mol. The zero-order valence-corrected chi connectivity index (χ0v) is 14.4. The fraction of sp³-hybridized carbons (Fsp3) is 0.0435. The third-order valence-corrected chi connectivity index (χ3v) is 3.91. The van der Waals surface area contributed by atoms with Crippen molar-refractivity contribution in [2.24, 2.45) is 0 Å². The van der Waals surface area contributed by atoms with Gasteiger partial charge in [0.15, 0.2) is 0 Å². The summed E-state index contributed by atoms with van der Waals surface area (Å²) in [7, 11) is 0. The van der Waals surface area contributed by atoms with Crippen LogP contribution in [0.4, 0.5) is 11.4 Å². The maximum Gasteiger partial charge on any atom is 0.0407 e. The second kappa shape index (κ2) is 7.54. The first-order chi connectivity index (χ1) is 12.1. The molecule has 0 saturated carbocycles. The molecule has 2 nitrogen and oxygen atoms in total. The minimum Gasteiger partial charge on any atom is -0.355 e. The van der Waals surface area contributed by atoms with Crippen LogP contribution in [0.3, 0.4) is 0 Å². The van der Waals surface area contributed by atoms with Crippen molar-refractivity contribution in [3.63, 3.8) is 0 Å². The lowest BCUT2D eigenvalue weighted by molar-refractivity contribution is 1.43. The number of nitrogens with one attached hydrogen (secondary N) is 2. The highest BCUT2D eigenvalue weighted by Crippen LogP contribution is 2.25. The van der Waals surface area contributed by atoms with E-state index in [2.05, 4.69) is 48.9 Å². The summed E-state index contributed by atoms with van der Waals surface area (Å²) in [6.45, 7) is 10.4. The fourth-order valence-corrected chi connectivity index (χ4v) is 2.70. The summed E-state index contributed by atoms with van der Waals surface area (Å²) in [5, 5.41) is 6.78. The molecule has 0 heterocycles. The highest BCUT2D eigenvalue weighted by molar-refractivity contribution is 5.80. The molecule has 3 aromatic carbocycles. The predicted molar refractivity (Wildman–Crippen MR) is 109 cm³/mol. The number of hydrogen-bond donors (Lipinski definition) is 2. The maximum absolute atomic E-state index is 4.14. The van der Waals surface area contributed by atoms with E-state index in [1.54, 1.807) is 0 Å². The van der Waals surface area contributed by atoms with Crippen molar-refractivity contribution in [2.45, 2.75) is 6.92 Å². The zero-order valence-electron chi connectivity index (χ0n) is 14.4. The lowest BCUT2D eigenvalue weighted by atomic mass is 10.1. The summed E-state index contributed by atoms with van der Waals surface area (Å²) >= 11 is 0. The quantitative estimate of drug-likeness (QED) is 0.567. The van der Waals surface area contributed by atoms with Gasteiger partial charge in [0.05, 0.1) is 0 Å². The second-order valence-electron chi connectivity index (χ2n) is 6.03. The molecule has 0 atom stereocenters. The summed E-state index contributed by atoms with van der Waals surface area (Å²) in [6.07, 6.45) is 0. The topological polar surface area (TPSA) is 24.1 Å². The molecule has 25 heavy (non-hydrogen) atoms. The molecule has 3 aromatic rings. The Labute approximate surface area is 149 Å². The lowest BCUT2D eigenvalue weighted by Gasteiger charge is -2.15. The van der Waals surface area contributed by atoms with Gasteiger partial charge in [0.2, 0.25) is 0 Å². The molecule has 0 aliphatic heterocycles. The van der Waals surface area contributed by atoms with Crippen LogP contribution in [-0.2, 0) is 0 Å². The van der Waals surface area contributed by atoms with E-state index in [1.807, 2.05) is 60.7 Å². The van der Waals surface area contributed by atoms with Gasteiger partial charge in [-0.2, -0.15) is 0 Å². The van der Waals surface area contributed by atoms with E-state index in [9.17, 15) is 0 Å². The van der Waals surface area contributed by atoms with Gasteiger partial charge >= 0.3 is 0 Å². The molecule has 2 N–H and O–H groups in total. The first-order valence-electron chi connectivity index (χ1n) is 8.26. The van der Waals surface area contributed by atoms with Gasteiger partial charge in [0.1, 0.15) is 0 Å². The van der Waals surface area contributed by atoms with E-state index in [1.165, 1.54) is 0 Å². The van der Waals surface area contributed by atoms with Crippen LogP contribution in [0.1, 0.15) is 16.7 Å². The average Bonchev–Trinajstić information content (AvgIpc) is 2.62. The van der Waals surface area contributed by atoms with Gasteiger partial charge in [-0.15, -0.1) is 0 Å². The number of anilines is 2. The van der Waals surface area contributed by atoms with Gasteiger partial charge in [0, 0.05) is 22.8 Å². The van der Waals surface area contributed by atoms with Crippen molar-refractivity contribution in [1.29, 1.82) is 0 Å². The van der Waals surface area contributed by atoms with Crippen molar-refractivity contribution in [1.82, 2.24) is 0 Å².